The van der Waals surface area contributed by atoms with Gasteiger partial charge in [0, 0.05) is 5.56 Å². The van der Waals surface area contributed by atoms with Gasteiger partial charge in [0.15, 0.2) is 12.3 Å². The third-order valence-corrected chi connectivity index (χ3v) is 3.97. The SMILES string of the molecule is COc1ccc(C[NH+](C)Cn2c(=S)oc3ccccc32)cc1. The van der Waals surface area contributed by atoms with Crippen molar-refractivity contribution >= 4 is 23.3 Å². The van der Waals surface area contributed by atoms with E-state index in [1.807, 2.05) is 41.0 Å². The van der Waals surface area contributed by atoms with E-state index in [4.69, 9.17) is 21.4 Å². The maximum absolute atomic E-state index is 5.63. The van der Waals surface area contributed by atoms with Crippen molar-refractivity contribution in [2.75, 3.05) is 14.2 Å². The first-order valence-corrected chi connectivity index (χ1v) is 7.61. The average Bonchev–Trinajstić information content (AvgIpc) is 2.84. The summed E-state index contributed by atoms with van der Waals surface area (Å²) >= 11 is 5.34. The van der Waals surface area contributed by atoms with Gasteiger partial charge >= 0.3 is 0 Å². The minimum absolute atomic E-state index is 0.523. The average molecular weight is 315 g/mol. The molecule has 2 aromatic carbocycles. The third-order valence-electron chi connectivity index (χ3n) is 3.67. The Labute approximate surface area is 134 Å². The zero-order valence-corrected chi connectivity index (χ0v) is 13.5. The molecule has 0 amide bonds. The molecule has 1 heterocycles. The molecule has 0 radical (unpaired) electrons. The number of hydrogen-bond acceptors (Lipinski definition) is 3. The Morgan fingerprint density at radius 2 is 1.86 bits per heavy atom. The van der Waals surface area contributed by atoms with Gasteiger partial charge in [-0.25, -0.2) is 0 Å². The van der Waals surface area contributed by atoms with Crippen LogP contribution < -0.4 is 9.64 Å². The lowest BCUT2D eigenvalue weighted by atomic mass is 10.2. The molecule has 1 aromatic heterocycles. The highest BCUT2D eigenvalue weighted by Gasteiger charge is 2.11. The molecule has 0 aliphatic carbocycles. The summed E-state index contributed by atoms with van der Waals surface area (Å²) in [6.45, 7) is 1.67. The molecule has 0 saturated heterocycles. The van der Waals surface area contributed by atoms with E-state index in [1.54, 1.807) is 7.11 Å². The van der Waals surface area contributed by atoms with E-state index in [1.165, 1.54) is 10.5 Å². The van der Waals surface area contributed by atoms with Crippen molar-refractivity contribution in [3.8, 4) is 5.75 Å². The van der Waals surface area contributed by atoms with E-state index in [-0.39, 0.29) is 0 Å². The molecule has 3 rings (SSSR count). The molecule has 0 aliphatic heterocycles. The van der Waals surface area contributed by atoms with Crippen LogP contribution in [-0.2, 0) is 13.2 Å². The molecule has 5 heteroatoms. The fraction of sp³-hybridized carbons (Fsp3) is 0.235. The van der Waals surface area contributed by atoms with Crippen molar-refractivity contribution in [3.05, 3.63) is 58.9 Å². The van der Waals surface area contributed by atoms with Crippen LogP contribution in [0.4, 0.5) is 0 Å². The van der Waals surface area contributed by atoms with Gasteiger partial charge in [-0.1, -0.05) is 12.1 Å². The topological polar surface area (TPSA) is 31.7 Å². The van der Waals surface area contributed by atoms with Crippen molar-refractivity contribution in [2.24, 2.45) is 0 Å². The number of methoxy groups -OCH3 is 1. The van der Waals surface area contributed by atoms with Crippen molar-refractivity contribution in [1.29, 1.82) is 0 Å². The summed E-state index contributed by atoms with van der Waals surface area (Å²) in [5, 5.41) is 0. The summed E-state index contributed by atoms with van der Waals surface area (Å²) in [4.78, 5) is 1.85. The summed E-state index contributed by atoms with van der Waals surface area (Å²) in [5.41, 5.74) is 3.14. The Balaban J connectivity index is 1.76. The molecule has 0 spiro atoms. The minimum Gasteiger partial charge on any atom is -0.497 e. The van der Waals surface area contributed by atoms with Gasteiger partial charge < -0.3 is 14.1 Å². The van der Waals surface area contributed by atoms with Crippen LogP contribution in [0, 0.1) is 4.84 Å². The lowest BCUT2D eigenvalue weighted by Crippen LogP contribution is -3.06. The summed E-state index contributed by atoms with van der Waals surface area (Å²) in [7, 11) is 3.83. The molecule has 0 fully saturated rings. The van der Waals surface area contributed by atoms with Crippen LogP contribution in [-0.4, -0.2) is 18.7 Å². The zero-order valence-electron chi connectivity index (χ0n) is 12.7. The molecule has 114 valence electrons. The predicted octanol–water partition coefficient (Wildman–Crippen LogP) is 2.64. The molecule has 1 unspecified atom stereocenters. The van der Waals surface area contributed by atoms with Crippen molar-refractivity contribution in [1.82, 2.24) is 4.57 Å². The summed E-state index contributed by atoms with van der Waals surface area (Å²) in [6, 6.07) is 16.1. The molecule has 0 bridgehead atoms. The standard InChI is InChI=1S/C17H18N2O2S/c1-18(11-13-7-9-14(20-2)10-8-13)12-19-15-5-3-4-6-16(15)21-17(19)22/h3-10H,11-12H2,1-2H3/p+1. The minimum atomic E-state index is 0.523. The van der Waals surface area contributed by atoms with Crippen molar-refractivity contribution in [2.45, 2.75) is 13.2 Å². The van der Waals surface area contributed by atoms with E-state index >= 15 is 0 Å². The van der Waals surface area contributed by atoms with Crippen LogP contribution in [0.2, 0.25) is 0 Å². The lowest BCUT2D eigenvalue weighted by Gasteiger charge is -2.15. The highest BCUT2D eigenvalue weighted by atomic mass is 32.1. The molecule has 0 aliphatic rings. The maximum atomic E-state index is 5.63. The summed E-state index contributed by atoms with van der Waals surface area (Å²) < 4.78 is 12.9. The normalized spacial score (nSPS) is 12.5. The van der Waals surface area contributed by atoms with Gasteiger partial charge in [-0.15, -0.1) is 0 Å². The number of para-hydroxylation sites is 2. The van der Waals surface area contributed by atoms with Gasteiger partial charge in [-0.3, -0.25) is 4.57 Å². The Bertz CT molecular complexity index is 821. The summed E-state index contributed by atoms with van der Waals surface area (Å²) in [6.07, 6.45) is 0. The number of hydrogen-bond donors (Lipinski definition) is 1. The number of fused-ring (bicyclic) bond motifs is 1. The van der Waals surface area contributed by atoms with Crippen LogP contribution in [0.5, 0.6) is 5.75 Å². The Hall–Kier alpha value is -2.11. The number of nitrogens with one attached hydrogen (secondary N) is 1. The van der Waals surface area contributed by atoms with Crippen LogP contribution in [0.1, 0.15) is 5.56 Å². The van der Waals surface area contributed by atoms with Gasteiger partial charge in [0.05, 0.1) is 19.7 Å². The van der Waals surface area contributed by atoms with Crippen molar-refractivity contribution in [3.63, 3.8) is 0 Å². The first-order chi connectivity index (χ1) is 10.7. The molecule has 1 atom stereocenters. The summed E-state index contributed by atoms with van der Waals surface area (Å²) in [5.74, 6) is 0.879. The molecule has 0 saturated carbocycles. The van der Waals surface area contributed by atoms with E-state index in [0.29, 0.717) is 4.84 Å². The monoisotopic (exact) mass is 315 g/mol. The van der Waals surface area contributed by atoms with Gasteiger partial charge in [0.2, 0.25) is 0 Å². The molecule has 22 heavy (non-hydrogen) atoms. The number of nitrogens with zero attached hydrogens (tertiary/aromatic N) is 1. The van der Waals surface area contributed by atoms with Gasteiger partial charge in [-0.2, -0.15) is 0 Å². The molecule has 3 aromatic rings. The molecular weight excluding hydrogens is 296 g/mol. The third kappa shape index (κ3) is 3.05. The smallest absolute Gasteiger partial charge is 0.274 e. The number of ether oxygens (including phenoxy) is 1. The fourth-order valence-corrected chi connectivity index (χ4v) is 2.83. The second-order valence-corrected chi connectivity index (χ2v) is 5.75. The molecule has 4 nitrogen and oxygen atoms in total. The predicted molar refractivity (Wildman–Crippen MR) is 88.6 cm³/mol. The number of oxazole rings is 1. The zero-order chi connectivity index (χ0) is 15.5. The quantitative estimate of drug-likeness (QED) is 0.735. The second kappa shape index (κ2) is 6.34. The molecular formula is C17H19N2O2S+. The van der Waals surface area contributed by atoms with E-state index < -0.39 is 0 Å². The first-order valence-electron chi connectivity index (χ1n) is 7.20. The number of quaternary nitrogens is 1. The number of rotatable bonds is 5. The van der Waals surface area contributed by atoms with Gasteiger partial charge in [0.1, 0.15) is 12.3 Å². The maximum Gasteiger partial charge on any atom is 0.274 e. The van der Waals surface area contributed by atoms with Crippen LogP contribution in [0.25, 0.3) is 11.1 Å². The second-order valence-electron chi connectivity index (χ2n) is 5.40. The fourth-order valence-electron chi connectivity index (χ4n) is 2.58. The Morgan fingerprint density at radius 1 is 1.14 bits per heavy atom. The number of aromatic nitrogens is 1. The largest absolute Gasteiger partial charge is 0.497 e. The molecule has 1 N–H and O–H groups in total. The number of benzene rings is 2. The van der Waals surface area contributed by atoms with Crippen LogP contribution >= 0.6 is 12.2 Å². The van der Waals surface area contributed by atoms with E-state index in [2.05, 4.69) is 19.2 Å². The van der Waals surface area contributed by atoms with Crippen LogP contribution in [0.15, 0.2) is 52.9 Å². The van der Waals surface area contributed by atoms with Crippen molar-refractivity contribution < 1.29 is 14.1 Å². The first kappa shape index (κ1) is 14.8. The Kier molecular flexibility index (Phi) is 4.27. The highest BCUT2D eigenvalue weighted by molar-refractivity contribution is 7.71. The van der Waals surface area contributed by atoms with E-state index in [9.17, 15) is 0 Å². The van der Waals surface area contributed by atoms with Crippen LogP contribution in [0.3, 0.4) is 0 Å². The lowest BCUT2D eigenvalue weighted by molar-refractivity contribution is -0.916. The Morgan fingerprint density at radius 3 is 2.59 bits per heavy atom. The van der Waals surface area contributed by atoms with Gasteiger partial charge in [-0.05, 0) is 48.6 Å². The highest BCUT2D eigenvalue weighted by Crippen LogP contribution is 2.16. The van der Waals surface area contributed by atoms with Gasteiger partial charge in [0.25, 0.3) is 4.84 Å². The van der Waals surface area contributed by atoms with E-state index in [0.717, 1.165) is 30.1 Å².